The molecule has 0 spiro atoms. The van der Waals surface area contributed by atoms with Crippen molar-refractivity contribution in [2.24, 2.45) is 0 Å². The molecule has 9 heteroatoms. The average molecular weight is 343 g/mol. The number of aromatic nitrogens is 2. The van der Waals surface area contributed by atoms with Crippen LogP contribution in [0.5, 0.6) is 0 Å². The van der Waals surface area contributed by atoms with Gasteiger partial charge in [-0.05, 0) is 24.1 Å². The number of aliphatic hydroxyl groups excluding tert-OH is 1. The van der Waals surface area contributed by atoms with Gasteiger partial charge >= 0.3 is 5.97 Å². The van der Waals surface area contributed by atoms with E-state index in [1.165, 1.54) is 23.5 Å². The maximum Gasteiger partial charge on any atom is 0.317 e. The van der Waals surface area contributed by atoms with Gasteiger partial charge in [-0.15, -0.1) is 10.2 Å². The monoisotopic (exact) mass is 343 g/mol. The van der Waals surface area contributed by atoms with Crippen LogP contribution in [0.15, 0.2) is 28.6 Å². The summed E-state index contributed by atoms with van der Waals surface area (Å²) in [7, 11) is 0. The van der Waals surface area contributed by atoms with Crippen molar-refractivity contribution in [2.45, 2.75) is 22.6 Å². The number of hydrogen-bond donors (Lipinski definition) is 3. The molecule has 3 N–H and O–H groups in total. The van der Waals surface area contributed by atoms with Crippen molar-refractivity contribution in [1.29, 1.82) is 0 Å². The van der Waals surface area contributed by atoms with Gasteiger partial charge in [0.1, 0.15) is 11.1 Å². The molecule has 0 fully saturated rings. The number of halogens is 1. The van der Waals surface area contributed by atoms with Gasteiger partial charge in [0.15, 0.2) is 4.34 Å². The van der Waals surface area contributed by atoms with Crippen LogP contribution in [0.3, 0.4) is 0 Å². The number of nitrogens with one attached hydrogen (secondary N) is 1. The van der Waals surface area contributed by atoms with E-state index in [0.717, 1.165) is 17.3 Å². The molecule has 0 aliphatic rings. The zero-order valence-electron chi connectivity index (χ0n) is 11.4. The number of aliphatic hydroxyl groups is 1. The Kier molecular flexibility index (Phi) is 6.10. The lowest BCUT2D eigenvalue weighted by Crippen LogP contribution is -2.17. The zero-order chi connectivity index (χ0) is 15.9. The van der Waals surface area contributed by atoms with Gasteiger partial charge in [-0.2, -0.15) is 0 Å². The molecule has 0 radical (unpaired) electrons. The Morgan fingerprint density at radius 1 is 1.36 bits per heavy atom. The third-order valence-electron chi connectivity index (χ3n) is 2.67. The van der Waals surface area contributed by atoms with Crippen LogP contribution in [-0.4, -0.2) is 38.2 Å². The third kappa shape index (κ3) is 4.93. The van der Waals surface area contributed by atoms with Crippen LogP contribution in [0.25, 0.3) is 0 Å². The summed E-state index contributed by atoms with van der Waals surface area (Å²) >= 11 is 2.30. The molecule has 0 amide bonds. The first-order valence-corrected chi connectivity index (χ1v) is 8.10. The second kappa shape index (κ2) is 8.06. The fourth-order valence-electron chi connectivity index (χ4n) is 1.58. The second-order valence-electron chi connectivity index (χ2n) is 4.31. The van der Waals surface area contributed by atoms with E-state index >= 15 is 0 Å². The average Bonchev–Trinajstić information content (AvgIpc) is 2.94. The molecular formula is C13H14FN3O3S2. The number of carboxylic acids is 1. The van der Waals surface area contributed by atoms with E-state index in [-0.39, 0.29) is 18.8 Å². The zero-order valence-corrected chi connectivity index (χ0v) is 13.0. The minimum atomic E-state index is -0.991. The Bertz CT molecular complexity index is 621. The lowest BCUT2D eigenvalue weighted by atomic mass is 10.2. The highest BCUT2D eigenvalue weighted by Gasteiger charge is 2.20. The number of thioether (sulfide) groups is 1. The topological polar surface area (TPSA) is 95.3 Å². The Hall–Kier alpha value is -1.71. The molecule has 0 saturated carbocycles. The smallest absolute Gasteiger partial charge is 0.317 e. The van der Waals surface area contributed by atoms with Crippen LogP contribution in [0, 0.1) is 5.82 Å². The number of benzene rings is 1. The second-order valence-corrected chi connectivity index (χ2v) is 6.74. The maximum absolute atomic E-state index is 12.8. The van der Waals surface area contributed by atoms with Gasteiger partial charge in [0.05, 0.1) is 0 Å². The highest BCUT2D eigenvalue weighted by Crippen LogP contribution is 2.30. The highest BCUT2D eigenvalue weighted by molar-refractivity contribution is 8.02. The van der Waals surface area contributed by atoms with Crippen molar-refractivity contribution < 1.29 is 19.4 Å². The molecular weight excluding hydrogens is 329 g/mol. The summed E-state index contributed by atoms with van der Waals surface area (Å²) in [5.74, 6) is -1.28. The van der Waals surface area contributed by atoms with Gasteiger partial charge in [0.2, 0.25) is 5.13 Å². The van der Waals surface area contributed by atoms with Gasteiger partial charge in [-0.1, -0.05) is 35.2 Å². The first-order valence-electron chi connectivity index (χ1n) is 6.40. The van der Waals surface area contributed by atoms with Gasteiger partial charge in [0.25, 0.3) is 0 Å². The molecule has 1 atom stereocenters. The van der Waals surface area contributed by atoms with Crippen molar-refractivity contribution in [3.8, 4) is 0 Å². The number of nitrogens with zero attached hydrogens (tertiary/aromatic N) is 2. The van der Waals surface area contributed by atoms with Gasteiger partial charge in [-0.25, -0.2) is 4.39 Å². The fourth-order valence-corrected chi connectivity index (χ4v) is 3.49. The SMILES string of the molecule is O=C(O)C(CCO)Sc1nnc(NCc2ccc(F)cc2)s1. The summed E-state index contributed by atoms with van der Waals surface area (Å²) in [6.07, 6.45) is 0.151. The van der Waals surface area contributed by atoms with Crippen LogP contribution in [0.1, 0.15) is 12.0 Å². The Labute approximate surface area is 134 Å². The van der Waals surface area contributed by atoms with E-state index < -0.39 is 11.2 Å². The summed E-state index contributed by atoms with van der Waals surface area (Å²) in [5.41, 5.74) is 0.898. The highest BCUT2D eigenvalue weighted by atomic mass is 32.2. The molecule has 1 heterocycles. The van der Waals surface area contributed by atoms with E-state index in [9.17, 15) is 9.18 Å². The molecule has 0 aliphatic carbocycles. The van der Waals surface area contributed by atoms with Crippen molar-refractivity contribution in [3.63, 3.8) is 0 Å². The summed E-state index contributed by atoms with van der Waals surface area (Å²) in [6, 6.07) is 6.09. The molecule has 6 nitrogen and oxygen atoms in total. The molecule has 2 aromatic rings. The number of anilines is 1. The number of carbonyl (C=O) groups is 1. The van der Waals surface area contributed by atoms with Crippen LogP contribution >= 0.6 is 23.1 Å². The molecule has 22 heavy (non-hydrogen) atoms. The number of hydrogen-bond acceptors (Lipinski definition) is 7. The predicted octanol–water partition coefficient (Wildman–Crippen LogP) is 2.22. The Morgan fingerprint density at radius 2 is 2.09 bits per heavy atom. The van der Waals surface area contributed by atoms with E-state index in [1.54, 1.807) is 12.1 Å². The number of carboxylic acid groups (broad SMARTS) is 1. The predicted molar refractivity (Wildman–Crippen MR) is 82.6 cm³/mol. The van der Waals surface area contributed by atoms with Crippen molar-refractivity contribution in [3.05, 3.63) is 35.6 Å². The van der Waals surface area contributed by atoms with Crippen molar-refractivity contribution >= 4 is 34.2 Å². The Balaban J connectivity index is 1.90. The standard InChI is InChI=1S/C13H14FN3O3S2/c14-9-3-1-8(2-4-9)7-15-12-16-17-13(22-12)21-10(5-6-18)11(19)20/h1-4,10,18H,5-7H2,(H,15,16)(H,19,20). The molecule has 2 rings (SSSR count). The molecule has 118 valence electrons. The number of rotatable bonds is 8. The summed E-state index contributed by atoms with van der Waals surface area (Å²) in [5, 5.41) is 28.6. The Morgan fingerprint density at radius 3 is 2.73 bits per heavy atom. The van der Waals surface area contributed by atoms with E-state index in [2.05, 4.69) is 15.5 Å². The largest absolute Gasteiger partial charge is 0.480 e. The van der Waals surface area contributed by atoms with Crippen molar-refractivity contribution in [1.82, 2.24) is 10.2 Å². The summed E-state index contributed by atoms with van der Waals surface area (Å²) < 4.78 is 13.3. The molecule has 1 aromatic carbocycles. The van der Waals surface area contributed by atoms with Crippen molar-refractivity contribution in [2.75, 3.05) is 11.9 Å². The molecule has 0 bridgehead atoms. The normalized spacial score (nSPS) is 12.1. The van der Waals surface area contributed by atoms with Gasteiger partial charge in [0, 0.05) is 13.2 Å². The minimum Gasteiger partial charge on any atom is -0.480 e. The number of aliphatic carboxylic acids is 1. The molecule has 0 saturated heterocycles. The van der Waals surface area contributed by atoms with Crippen LogP contribution < -0.4 is 5.32 Å². The molecule has 0 aliphatic heterocycles. The van der Waals surface area contributed by atoms with E-state index in [1.807, 2.05) is 0 Å². The minimum absolute atomic E-state index is 0.151. The van der Waals surface area contributed by atoms with Crippen LogP contribution in [0.4, 0.5) is 9.52 Å². The van der Waals surface area contributed by atoms with Crippen LogP contribution in [-0.2, 0) is 11.3 Å². The van der Waals surface area contributed by atoms with Gasteiger partial charge < -0.3 is 15.5 Å². The lowest BCUT2D eigenvalue weighted by molar-refractivity contribution is -0.136. The fraction of sp³-hybridized carbons (Fsp3) is 0.308. The first kappa shape index (κ1) is 16.7. The van der Waals surface area contributed by atoms with Crippen LogP contribution in [0.2, 0.25) is 0 Å². The third-order valence-corrected chi connectivity index (χ3v) is 4.89. The van der Waals surface area contributed by atoms with Gasteiger partial charge in [-0.3, -0.25) is 4.79 Å². The summed E-state index contributed by atoms with van der Waals surface area (Å²) in [4.78, 5) is 11.0. The maximum atomic E-state index is 12.8. The summed E-state index contributed by atoms with van der Waals surface area (Å²) in [6.45, 7) is 0.275. The van der Waals surface area contributed by atoms with E-state index in [0.29, 0.717) is 16.0 Å². The lowest BCUT2D eigenvalue weighted by Gasteiger charge is -2.06. The quantitative estimate of drug-likeness (QED) is 0.633. The molecule has 1 unspecified atom stereocenters. The first-order chi connectivity index (χ1) is 10.6. The molecule has 1 aromatic heterocycles. The van der Waals surface area contributed by atoms with E-state index in [4.69, 9.17) is 10.2 Å².